The normalized spacial score (nSPS) is 15.4. The summed E-state index contributed by atoms with van der Waals surface area (Å²) in [7, 11) is 0.915. The first kappa shape index (κ1) is 32.8. The number of benzene rings is 3. The second-order valence-corrected chi connectivity index (χ2v) is 17.2. The van der Waals surface area contributed by atoms with Crippen molar-refractivity contribution in [3.05, 3.63) is 99.6 Å². The zero-order chi connectivity index (χ0) is 32.1. The van der Waals surface area contributed by atoms with Gasteiger partial charge in [-0.15, -0.1) is 0 Å². The van der Waals surface area contributed by atoms with Crippen LogP contribution in [0.15, 0.2) is 72.8 Å². The number of nitro benzene ring substituents is 1. The van der Waals surface area contributed by atoms with Crippen LogP contribution in [0.25, 0.3) is 5.57 Å². The molecule has 1 atom stereocenters. The average molecular weight is 619 g/mol. The summed E-state index contributed by atoms with van der Waals surface area (Å²) in [5.74, 6) is 0.740. The van der Waals surface area contributed by atoms with Crippen LogP contribution >= 0.6 is 0 Å². The van der Waals surface area contributed by atoms with Crippen molar-refractivity contribution in [3.8, 4) is 17.2 Å². The number of carbonyl (C=O) groups is 1. The summed E-state index contributed by atoms with van der Waals surface area (Å²) in [6, 6.07) is 19.5. The average Bonchev–Trinajstić information content (AvgIpc) is 3.01. The third kappa shape index (κ3) is 7.49. The Hall–Kier alpha value is -4.15. The molecule has 1 aliphatic heterocycles. The fourth-order valence-electron chi connectivity index (χ4n) is 4.79. The van der Waals surface area contributed by atoms with Gasteiger partial charge in [0, 0.05) is 12.6 Å². The van der Waals surface area contributed by atoms with Gasteiger partial charge in [0.1, 0.15) is 17.9 Å². The molecule has 0 N–H and O–H groups in total. The highest BCUT2D eigenvalue weighted by Crippen LogP contribution is 2.39. The van der Waals surface area contributed by atoms with Crippen LogP contribution in [0.1, 0.15) is 48.7 Å². The molecule has 0 spiro atoms. The number of nitrogens with zero attached hydrogens (tertiary/aromatic N) is 2. The van der Waals surface area contributed by atoms with E-state index in [0.717, 1.165) is 22.4 Å². The van der Waals surface area contributed by atoms with Crippen LogP contribution in [0, 0.1) is 10.1 Å². The Bertz CT molecular complexity index is 1500. The molecule has 10 heteroatoms. The van der Waals surface area contributed by atoms with E-state index < -0.39 is 25.2 Å². The second-order valence-electron chi connectivity index (χ2n) is 12.4. The maximum Gasteiger partial charge on any atom is 0.286 e. The highest BCUT2D eigenvalue weighted by Gasteiger charge is 2.39. The fraction of sp³-hybridized carbons (Fsp3) is 0.382. The number of amides is 1. The first-order valence-corrected chi connectivity index (χ1v) is 17.6. The van der Waals surface area contributed by atoms with Crippen molar-refractivity contribution in [2.24, 2.45) is 0 Å². The van der Waals surface area contributed by atoms with E-state index in [4.69, 9.17) is 18.6 Å². The van der Waals surface area contributed by atoms with Crippen LogP contribution in [0.2, 0.25) is 18.1 Å². The van der Waals surface area contributed by atoms with E-state index in [1.54, 1.807) is 12.0 Å². The molecule has 234 valence electrons. The molecular weight excluding hydrogens is 576 g/mol. The minimum Gasteiger partial charge on any atom is -0.497 e. The Labute approximate surface area is 260 Å². The van der Waals surface area contributed by atoms with E-state index in [9.17, 15) is 14.9 Å². The van der Waals surface area contributed by atoms with Crippen LogP contribution in [0.5, 0.6) is 17.2 Å². The predicted octanol–water partition coefficient (Wildman–Crippen LogP) is 7.51. The lowest BCUT2D eigenvalue weighted by Gasteiger charge is -2.40. The van der Waals surface area contributed by atoms with Crippen molar-refractivity contribution < 1.29 is 28.4 Å². The Morgan fingerprint density at radius 2 is 1.68 bits per heavy atom. The first-order chi connectivity index (χ1) is 20.8. The Balaban J connectivity index is 1.69. The van der Waals surface area contributed by atoms with Crippen molar-refractivity contribution in [2.75, 3.05) is 27.4 Å². The lowest BCUT2D eigenvalue weighted by atomic mass is 9.95. The van der Waals surface area contributed by atoms with Gasteiger partial charge in [0.2, 0.25) is 0 Å². The van der Waals surface area contributed by atoms with Gasteiger partial charge in [0.05, 0.1) is 37.9 Å². The molecule has 4 rings (SSSR count). The van der Waals surface area contributed by atoms with Crippen LogP contribution in [0.4, 0.5) is 5.69 Å². The smallest absolute Gasteiger partial charge is 0.286 e. The largest absolute Gasteiger partial charge is 0.497 e. The number of methoxy groups -OCH3 is 2. The lowest BCUT2D eigenvalue weighted by molar-refractivity contribution is -0.385. The van der Waals surface area contributed by atoms with Crippen LogP contribution in [0.3, 0.4) is 0 Å². The molecule has 3 aromatic carbocycles. The second kappa shape index (κ2) is 13.7. The quantitative estimate of drug-likeness (QED) is 0.125. The molecule has 3 aromatic rings. The Morgan fingerprint density at radius 1 is 1.00 bits per heavy atom. The highest BCUT2D eigenvalue weighted by atomic mass is 28.4. The summed E-state index contributed by atoms with van der Waals surface area (Å²) < 4.78 is 23.3. The van der Waals surface area contributed by atoms with Crippen molar-refractivity contribution in [1.29, 1.82) is 0 Å². The molecule has 44 heavy (non-hydrogen) atoms. The van der Waals surface area contributed by atoms with Gasteiger partial charge >= 0.3 is 0 Å². The van der Waals surface area contributed by atoms with E-state index in [1.807, 2.05) is 54.6 Å². The fourth-order valence-corrected chi connectivity index (χ4v) is 5.81. The van der Waals surface area contributed by atoms with E-state index in [-0.39, 0.29) is 41.0 Å². The zero-order valence-corrected chi connectivity index (χ0v) is 27.6. The Kier molecular flexibility index (Phi) is 10.2. The van der Waals surface area contributed by atoms with Crippen LogP contribution in [-0.2, 0) is 11.0 Å². The van der Waals surface area contributed by atoms with Gasteiger partial charge in [0.15, 0.2) is 19.8 Å². The monoisotopic (exact) mass is 618 g/mol. The summed E-state index contributed by atoms with van der Waals surface area (Å²) in [4.78, 5) is 27.6. The topological polar surface area (TPSA) is 100 Å². The van der Waals surface area contributed by atoms with E-state index in [0.29, 0.717) is 13.0 Å². The van der Waals surface area contributed by atoms with Crippen LogP contribution in [-0.4, -0.2) is 57.5 Å². The van der Waals surface area contributed by atoms with Gasteiger partial charge in [-0.05, 0) is 53.4 Å². The summed E-state index contributed by atoms with van der Waals surface area (Å²) in [5.41, 5.74) is 2.61. The number of nitro groups is 1. The maximum absolute atomic E-state index is 14.2. The maximum atomic E-state index is 14.2. The molecule has 0 fully saturated rings. The minimum absolute atomic E-state index is 0.0270. The number of hydrogen-bond donors (Lipinski definition) is 0. The van der Waals surface area contributed by atoms with Crippen molar-refractivity contribution in [1.82, 2.24) is 4.90 Å². The predicted molar refractivity (Wildman–Crippen MR) is 174 cm³/mol. The summed E-state index contributed by atoms with van der Waals surface area (Å²) in [6.45, 7) is 11.7. The van der Waals surface area contributed by atoms with Gasteiger partial charge in [-0.2, -0.15) is 0 Å². The molecule has 0 unspecified atom stereocenters. The van der Waals surface area contributed by atoms with E-state index in [2.05, 4.69) is 39.9 Å². The highest BCUT2D eigenvalue weighted by molar-refractivity contribution is 6.74. The third-order valence-electron chi connectivity index (χ3n) is 8.50. The van der Waals surface area contributed by atoms with E-state index >= 15 is 0 Å². The third-order valence-corrected chi connectivity index (χ3v) is 13.0. The van der Waals surface area contributed by atoms with Gasteiger partial charge < -0.3 is 23.5 Å². The molecule has 1 amide bonds. The summed E-state index contributed by atoms with van der Waals surface area (Å²) in [5, 5.41) is 12.2. The molecule has 0 aromatic heterocycles. The molecule has 0 saturated carbocycles. The number of rotatable bonds is 11. The molecule has 1 aliphatic rings. The van der Waals surface area contributed by atoms with Gasteiger partial charge in [0.25, 0.3) is 11.6 Å². The molecule has 0 radical (unpaired) electrons. The SMILES string of the molecule is COc1ccc(C2=C[C@@H](CO[Si](C)(C)C(C)(C)C)N(C(=O)c3cc(OC)c(OCc4ccccc4)cc3[N+](=O)[O-])CC2)cc1. The molecule has 1 heterocycles. The van der Waals surface area contributed by atoms with Crippen molar-refractivity contribution >= 4 is 25.5 Å². The summed E-state index contributed by atoms with van der Waals surface area (Å²) in [6.07, 6.45) is 2.63. The van der Waals surface area contributed by atoms with Gasteiger partial charge in [-0.1, -0.05) is 69.3 Å². The lowest BCUT2D eigenvalue weighted by Crippen LogP contribution is -2.49. The zero-order valence-electron chi connectivity index (χ0n) is 26.6. The number of hydrogen-bond acceptors (Lipinski definition) is 7. The molecule has 0 aliphatic carbocycles. The molecule has 9 nitrogen and oxygen atoms in total. The van der Waals surface area contributed by atoms with E-state index in [1.165, 1.54) is 19.2 Å². The first-order valence-electron chi connectivity index (χ1n) is 14.7. The van der Waals surface area contributed by atoms with Crippen LogP contribution < -0.4 is 14.2 Å². The molecular formula is C34H42N2O7Si. The van der Waals surface area contributed by atoms with Gasteiger partial charge in [-0.3, -0.25) is 14.9 Å². The van der Waals surface area contributed by atoms with Crippen molar-refractivity contribution in [3.63, 3.8) is 0 Å². The minimum atomic E-state index is -2.16. The Morgan fingerprint density at radius 3 is 2.27 bits per heavy atom. The summed E-state index contributed by atoms with van der Waals surface area (Å²) >= 11 is 0. The number of carbonyl (C=O) groups excluding carboxylic acids is 1. The van der Waals surface area contributed by atoms with Gasteiger partial charge in [-0.25, -0.2) is 0 Å². The molecule has 0 bridgehead atoms. The molecule has 0 saturated heterocycles. The van der Waals surface area contributed by atoms with Crippen molar-refractivity contribution in [2.45, 2.75) is 58.0 Å². The number of ether oxygens (including phenoxy) is 3. The standard InChI is InChI=1S/C34H42N2O7Si/c1-34(2,3)44(6,7)43-23-27-19-26(25-13-15-28(40-4)16-14-25)17-18-35(27)33(37)29-20-31(41-5)32(21-30(29)36(38)39)42-22-24-11-9-8-10-12-24/h8-16,19-21,27H,17-18,22-23H2,1-7H3/t27-/m0/s1.